The van der Waals surface area contributed by atoms with E-state index in [1.165, 1.54) is 27.5 Å². The molecule has 19 heavy (non-hydrogen) atoms. The summed E-state index contributed by atoms with van der Waals surface area (Å²) in [5.41, 5.74) is 3.97. The van der Waals surface area contributed by atoms with Crippen LogP contribution in [0, 0.1) is 6.92 Å². The lowest BCUT2D eigenvalue weighted by molar-refractivity contribution is 1.50. The van der Waals surface area contributed by atoms with E-state index in [-0.39, 0.29) is 0 Å². The number of fused-ring (bicyclic) bond motifs is 1. The molecule has 0 aliphatic rings. The topological polar surface area (TPSA) is 0 Å². The van der Waals surface area contributed by atoms with Crippen LogP contribution in [0.2, 0.25) is 0 Å². The summed E-state index contributed by atoms with van der Waals surface area (Å²) in [7, 11) is 0. The van der Waals surface area contributed by atoms with Gasteiger partial charge in [0.05, 0.1) is 0 Å². The van der Waals surface area contributed by atoms with Crippen molar-refractivity contribution in [1.82, 2.24) is 0 Å². The molecule has 3 rings (SSSR count). The van der Waals surface area contributed by atoms with Crippen LogP contribution in [-0.2, 0) is 0 Å². The standard InChI is InChI=1S/C17H14.CH4S/c1-13-16-10-6-5-9-15(16)11-12-17(13)14-7-3-2-4-8-14;1-2/h2-12H,1H3;2H,1H3. The van der Waals surface area contributed by atoms with Crippen LogP contribution in [0.4, 0.5) is 0 Å². The maximum Gasteiger partial charge on any atom is -0.0148 e. The first-order valence-corrected chi connectivity index (χ1v) is 7.24. The highest BCUT2D eigenvalue weighted by molar-refractivity contribution is 7.79. The Morgan fingerprint density at radius 1 is 0.684 bits per heavy atom. The predicted octanol–water partition coefficient (Wildman–Crippen LogP) is 5.36. The van der Waals surface area contributed by atoms with Gasteiger partial charge in [-0.05, 0) is 40.6 Å². The van der Waals surface area contributed by atoms with Crippen molar-refractivity contribution in [1.29, 1.82) is 0 Å². The van der Waals surface area contributed by atoms with E-state index in [9.17, 15) is 0 Å². The van der Waals surface area contributed by atoms with Crippen LogP contribution in [0.15, 0.2) is 66.7 Å². The zero-order valence-corrected chi connectivity index (χ0v) is 12.2. The molecule has 0 amide bonds. The summed E-state index contributed by atoms with van der Waals surface area (Å²) in [5, 5.41) is 2.65. The summed E-state index contributed by atoms with van der Waals surface area (Å²) in [4.78, 5) is 0. The van der Waals surface area contributed by atoms with Crippen molar-refractivity contribution >= 4 is 23.4 Å². The van der Waals surface area contributed by atoms with Crippen LogP contribution in [-0.4, -0.2) is 6.26 Å². The summed E-state index contributed by atoms with van der Waals surface area (Å²) >= 11 is 3.53. The Labute approximate surface area is 120 Å². The van der Waals surface area contributed by atoms with Crippen LogP contribution in [0.25, 0.3) is 21.9 Å². The fourth-order valence-electron chi connectivity index (χ4n) is 2.36. The Bertz CT molecular complexity index is 657. The quantitative estimate of drug-likeness (QED) is 0.563. The maximum atomic E-state index is 3.53. The second-order valence-electron chi connectivity index (χ2n) is 4.33. The molecule has 0 saturated heterocycles. The fraction of sp³-hybridized carbons (Fsp3) is 0.111. The van der Waals surface area contributed by atoms with Crippen LogP contribution in [0.1, 0.15) is 5.56 Å². The molecule has 0 bridgehead atoms. The smallest absolute Gasteiger partial charge is 0.0148 e. The van der Waals surface area contributed by atoms with Gasteiger partial charge in [-0.2, -0.15) is 12.6 Å². The Balaban J connectivity index is 0.000000637. The minimum Gasteiger partial charge on any atom is -0.183 e. The van der Waals surface area contributed by atoms with Gasteiger partial charge >= 0.3 is 0 Å². The molecular weight excluding hydrogens is 248 g/mol. The molecule has 0 atom stereocenters. The van der Waals surface area contributed by atoms with Crippen LogP contribution in [0.5, 0.6) is 0 Å². The number of aryl methyl sites for hydroxylation is 1. The molecule has 0 heterocycles. The van der Waals surface area contributed by atoms with Gasteiger partial charge in [0.15, 0.2) is 0 Å². The minimum atomic E-state index is 1.29. The molecule has 0 nitrogen and oxygen atoms in total. The van der Waals surface area contributed by atoms with Gasteiger partial charge in [-0.15, -0.1) is 0 Å². The summed E-state index contributed by atoms with van der Waals surface area (Å²) in [6.45, 7) is 2.20. The third kappa shape index (κ3) is 2.82. The van der Waals surface area contributed by atoms with Crippen LogP contribution >= 0.6 is 12.6 Å². The van der Waals surface area contributed by atoms with Gasteiger partial charge in [0.1, 0.15) is 0 Å². The van der Waals surface area contributed by atoms with E-state index in [1.807, 2.05) is 0 Å². The molecule has 0 radical (unpaired) electrons. The molecule has 0 fully saturated rings. The van der Waals surface area contributed by atoms with Gasteiger partial charge in [-0.25, -0.2) is 0 Å². The van der Waals surface area contributed by atoms with Crippen molar-refractivity contribution in [2.45, 2.75) is 6.92 Å². The molecule has 0 aromatic heterocycles. The van der Waals surface area contributed by atoms with E-state index >= 15 is 0 Å². The predicted molar refractivity (Wildman–Crippen MR) is 89.0 cm³/mol. The Kier molecular flexibility index (Phi) is 4.64. The molecule has 3 aromatic carbocycles. The molecule has 0 unspecified atom stereocenters. The van der Waals surface area contributed by atoms with Gasteiger partial charge in [0, 0.05) is 0 Å². The van der Waals surface area contributed by atoms with Gasteiger partial charge in [-0.1, -0.05) is 66.7 Å². The first kappa shape index (κ1) is 13.7. The highest BCUT2D eigenvalue weighted by Gasteiger charge is 2.04. The lowest BCUT2D eigenvalue weighted by atomic mass is 9.95. The number of hydrogen-bond donors (Lipinski definition) is 1. The molecule has 0 saturated carbocycles. The Morgan fingerprint density at radius 3 is 2.05 bits per heavy atom. The zero-order chi connectivity index (χ0) is 13.7. The summed E-state index contributed by atoms with van der Waals surface area (Å²) < 4.78 is 0. The summed E-state index contributed by atoms with van der Waals surface area (Å²) in [6.07, 6.45) is 1.69. The molecule has 3 aromatic rings. The molecule has 0 aliphatic heterocycles. The van der Waals surface area contributed by atoms with Crippen molar-refractivity contribution in [2.75, 3.05) is 6.26 Å². The van der Waals surface area contributed by atoms with Gasteiger partial charge in [0.25, 0.3) is 0 Å². The summed E-state index contributed by atoms with van der Waals surface area (Å²) in [6, 6.07) is 23.5. The van der Waals surface area contributed by atoms with Gasteiger partial charge in [-0.3, -0.25) is 0 Å². The van der Waals surface area contributed by atoms with Crippen LogP contribution < -0.4 is 0 Å². The van der Waals surface area contributed by atoms with E-state index in [0.29, 0.717) is 0 Å². The third-order valence-corrected chi connectivity index (χ3v) is 3.28. The lowest BCUT2D eigenvalue weighted by Crippen LogP contribution is -1.85. The molecule has 0 N–H and O–H groups in total. The van der Waals surface area contributed by atoms with Crippen molar-refractivity contribution < 1.29 is 0 Å². The maximum absolute atomic E-state index is 3.53. The van der Waals surface area contributed by atoms with E-state index in [0.717, 1.165) is 0 Å². The average molecular weight is 266 g/mol. The third-order valence-electron chi connectivity index (χ3n) is 3.28. The van der Waals surface area contributed by atoms with Crippen molar-refractivity contribution in [3.05, 3.63) is 72.3 Å². The van der Waals surface area contributed by atoms with Crippen LogP contribution in [0.3, 0.4) is 0 Å². The minimum absolute atomic E-state index is 1.29. The molecule has 96 valence electrons. The second kappa shape index (κ2) is 6.44. The number of thiol groups is 1. The molecule has 0 spiro atoms. The van der Waals surface area contributed by atoms with Crippen molar-refractivity contribution in [3.63, 3.8) is 0 Å². The largest absolute Gasteiger partial charge is 0.183 e. The first-order chi connectivity index (χ1) is 9.36. The SMILES string of the molecule is CS.Cc1c(-c2ccccc2)ccc2ccccc12. The van der Waals surface area contributed by atoms with E-state index in [4.69, 9.17) is 0 Å². The molecular formula is C18H18S. The Morgan fingerprint density at radius 2 is 1.32 bits per heavy atom. The van der Waals surface area contributed by atoms with Gasteiger partial charge < -0.3 is 0 Å². The highest BCUT2D eigenvalue weighted by Crippen LogP contribution is 2.29. The number of hydrogen-bond acceptors (Lipinski definition) is 1. The number of rotatable bonds is 1. The molecule has 1 heteroatoms. The van der Waals surface area contributed by atoms with Gasteiger partial charge in [0.2, 0.25) is 0 Å². The zero-order valence-electron chi connectivity index (χ0n) is 11.3. The van der Waals surface area contributed by atoms with E-state index < -0.39 is 0 Å². The van der Waals surface area contributed by atoms with E-state index in [1.54, 1.807) is 6.26 Å². The summed E-state index contributed by atoms with van der Waals surface area (Å²) in [5.74, 6) is 0. The van der Waals surface area contributed by atoms with E-state index in [2.05, 4.69) is 86.3 Å². The highest BCUT2D eigenvalue weighted by atomic mass is 32.1. The second-order valence-corrected chi connectivity index (χ2v) is 4.33. The Hall–Kier alpha value is -1.73. The lowest BCUT2D eigenvalue weighted by Gasteiger charge is -2.09. The molecule has 0 aliphatic carbocycles. The normalized spacial score (nSPS) is 9.84. The van der Waals surface area contributed by atoms with Crippen molar-refractivity contribution in [2.24, 2.45) is 0 Å². The van der Waals surface area contributed by atoms with Crippen molar-refractivity contribution in [3.8, 4) is 11.1 Å². The number of benzene rings is 3. The fourth-order valence-corrected chi connectivity index (χ4v) is 2.36. The monoisotopic (exact) mass is 266 g/mol. The average Bonchev–Trinajstić information content (AvgIpc) is 2.51. The first-order valence-electron chi connectivity index (χ1n) is 6.35.